The summed E-state index contributed by atoms with van der Waals surface area (Å²) >= 11 is 0. The smallest absolute Gasteiger partial charge is 0.313 e. The van der Waals surface area contributed by atoms with E-state index in [2.05, 4.69) is 44.2 Å². The molecule has 0 heterocycles. The van der Waals surface area contributed by atoms with E-state index in [1.54, 1.807) is 0 Å². The van der Waals surface area contributed by atoms with Crippen LogP contribution < -0.4 is 5.32 Å². The zero-order valence-electron chi connectivity index (χ0n) is 16.4. The van der Waals surface area contributed by atoms with Crippen molar-refractivity contribution in [1.29, 1.82) is 0 Å². The van der Waals surface area contributed by atoms with Crippen LogP contribution in [0.5, 0.6) is 0 Å². The SMILES string of the molecule is CCCCC[C@@H]1C[C@H](NCCCN(C)C)C=C(C)[C@@H]1C(=O)OCC. The van der Waals surface area contributed by atoms with Gasteiger partial charge >= 0.3 is 5.97 Å². The van der Waals surface area contributed by atoms with Gasteiger partial charge in [0.25, 0.3) is 0 Å². The van der Waals surface area contributed by atoms with E-state index in [0.717, 1.165) is 32.4 Å². The van der Waals surface area contributed by atoms with Crippen molar-refractivity contribution < 1.29 is 9.53 Å². The Morgan fingerprint density at radius 1 is 1.29 bits per heavy atom. The molecule has 0 radical (unpaired) electrons. The Labute approximate surface area is 149 Å². The number of hydrogen-bond donors (Lipinski definition) is 1. The number of carbonyl (C=O) groups excluding carboxylic acids is 1. The van der Waals surface area contributed by atoms with E-state index >= 15 is 0 Å². The van der Waals surface area contributed by atoms with Gasteiger partial charge in [0.15, 0.2) is 0 Å². The molecule has 0 aliphatic heterocycles. The van der Waals surface area contributed by atoms with Crippen molar-refractivity contribution >= 4 is 5.97 Å². The van der Waals surface area contributed by atoms with Crippen molar-refractivity contribution in [3.05, 3.63) is 11.6 Å². The van der Waals surface area contributed by atoms with Gasteiger partial charge in [-0.2, -0.15) is 0 Å². The maximum Gasteiger partial charge on any atom is 0.313 e. The van der Waals surface area contributed by atoms with E-state index < -0.39 is 0 Å². The Bertz CT molecular complexity index is 393. The summed E-state index contributed by atoms with van der Waals surface area (Å²) < 4.78 is 5.34. The molecule has 0 aromatic heterocycles. The lowest BCUT2D eigenvalue weighted by Gasteiger charge is -2.34. The van der Waals surface area contributed by atoms with Crippen molar-refractivity contribution in [3.8, 4) is 0 Å². The highest BCUT2D eigenvalue weighted by Crippen LogP contribution is 2.35. The van der Waals surface area contributed by atoms with Gasteiger partial charge in [-0.1, -0.05) is 37.8 Å². The second-order valence-corrected chi connectivity index (χ2v) is 7.35. The average molecular weight is 339 g/mol. The van der Waals surface area contributed by atoms with Crippen LogP contribution in [0.1, 0.15) is 59.3 Å². The third kappa shape index (κ3) is 7.35. The minimum Gasteiger partial charge on any atom is -0.466 e. The molecular formula is C20H38N2O2. The fraction of sp³-hybridized carbons (Fsp3) is 0.850. The Morgan fingerprint density at radius 3 is 2.67 bits per heavy atom. The molecule has 24 heavy (non-hydrogen) atoms. The quantitative estimate of drug-likeness (QED) is 0.355. The van der Waals surface area contributed by atoms with E-state index in [-0.39, 0.29) is 11.9 Å². The number of unbranched alkanes of at least 4 members (excludes halogenated alkanes) is 2. The van der Waals surface area contributed by atoms with Crippen LogP contribution in [0.4, 0.5) is 0 Å². The molecule has 3 atom stereocenters. The van der Waals surface area contributed by atoms with Crippen molar-refractivity contribution in [3.63, 3.8) is 0 Å². The van der Waals surface area contributed by atoms with Crippen LogP contribution in [0.15, 0.2) is 11.6 Å². The molecular weight excluding hydrogens is 300 g/mol. The third-order valence-electron chi connectivity index (χ3n) is 4.89. The van der Waals surface area contributed by atoms with Gasteiger partial charge in [0.2, 0.25) is 0 Å². The zero-order valence-corrected chi connectivity index (χ0v) is 16.4. The molecule has 1 aliphatic rings. The number of nitrogens with one attached hydrogen (secondary N) is 1. The van der Waals surface area contributed by atoms with Crippen molar-refractivity contribution in [2.75, 3.05) is 33.8 Å². The molecule has 4 nitrogen and oxygen atoms in total. The molecule has 1 rings (SSSR count). The Balaban J connectivity index is 2.65. The predicted octanol–water partition coefficient (Wildman–Crippen LogP) is 3.62. The molecule has 0 amide bonds. The first kappa shape index (κ1) is 21.2. The summed E-state index contributed by atoms with van der Waals surface area (Å²) in [5, 5.41) is 3.66. The van der Waals surface area contributed by atoms with Crippen LogP contribution in [0, 0.1) is 11.8 Å². The Hall–Kier alpha value is -0.870. The first-order valence-corrected chi connectivity index (χ1v) is 9.72. The highest BCUT2D eigenvalue weighted by atomic mass is 16.5. The van der Waals surface area contributed by atoms with Gasteiger partial charge in [0.1, 0.15) is 0 Å². The van der Waals surface area contributed by atoms with Crippen molar-refractivity contribution in [2.24, 2.45) is 11.8 Å². The van der Waals surface area contributed by atoms with E-state index in [9.17, 15) is 4.79 Å². The lowest BCUT2D eigenvalue weighted by Crippen LogP contribution is -2.40. The van der Waals surface area contributed by atoms with Gasteiger partial charge < -0.3 is 15.0 Å². The highest BCUT2D eigenvalue weighted by molar-refractivity contribution is 5.76. The monoisotopic (exact) mass is 338 g/mol. The van der Waals surface area contributed by atoms with Crippen LogP contribution in [0.25, 0.3) is 0 Å². The molecule has 1 aliphatic carbocycles. The first-order valence-electron chi connectivity index (χ1n) is 9.72. The first-order chi connectivity index (χ1) is 11.5. The summed E-state index contributed by atoms with van der Waals surface area (Å²) in [6.45, 7) is 8.82. The summed E-state index contributed by atoms with van der Waals surface area (Å²) in [4.78, 5) is 14.6. The summed E-state index contributed by atoms with van der Waals surface area (Å²) in [7, 11) is 4.22. The molecule has 0 spiro atoms. The lowest BCUT2D eigenvalue weighted by molar-refractivity contribution is -0.148. The molecule has 0 fully saturated rings. The minimum absolute atomic E-state index is 0.0289. The molecule has 1 N–H and O–H groups in total. The van der Waals surface area contributed by atoms with E-state index in [0.29, 0.717) is 18.6 Å². The largest absolute Gasteiger partial charge is 0.466 e. The maximum absolute atomic E-state index is 12.4. The fourth-order valence-electron chi connectivity index (χ4n) is 3.70. The van der Waals surface area contributed by atoms with Crippen LogP contribution in [-0.2, 0) is 9.53 Å². The summed E-state index contributed by atoms with van der Waals surface area (Å²) in [6, 6.07) is 0.393. The number of rotatable bonds is 11. The van der Waals surface area contributed by atoms with Gasteiger partial charge in [-0.05, 0) is 66.2 Å². The van der Waals surface area contributed by atoms with Crippen LogP contribution in [-0.4, -0.2) is 50.7 Å². The molecule has 0 aromatic carbocycles. The molecule has 4 heteroatoms. The van der Waals surface area contributed by atoms with Crippen molar-refractivity contribution in [2.45, 2.75) is 65.3 Å². The fourth-order valence-corrected chi connectivity index (χ4v) is 3.70. The second kappa shape index (κ2) is 11.6. The predicted molar refractivity (Wildman–Crippen MR) is 101 cm³/mol. The Kier molecular flexibility index (Phi) is 10.3. The number of esters is 1. The van der Waals surface area contributed by atoms with Crippen LogP contribution in [0.3, 0.4) is 0 Å². The highest BCUT2D eigenvalue weighted by Gasteiger charge is 2.35. The zero-order chi connectivity index (χ0) is 17.9. The number of carbonyl (C=O) groups is 1. The van der Waals surface area contributed by atoms with Crippen LogP contribution >= 0.6 is 0 Å². The average Bonchev–Trinajstić information content (AvgIpc) is 2.51. The van der Waals surface area contributed by atoms with E-state index in [1.807, 2.05) is 6.92 Å². The molecule has 0 saturated carbocycles. The number of hydrogen-bond acceptors (Lipinski definition) is 4. The van der Waals surface area contributed by atoms with Crippen LogP contribution in [0.2, 0.25) is 0 Å². The lowest BCUT2D eigenvalue weighted by atomic mass is 9.74. The molecule has 0 bridgehead atoms. The molecule has 0 aromatic rings. The van der Waals surface area contributed by atoms with Gasteiger partial charge in [0, 0.05) is 6.04 Å². The maximum atomic E-state index is 12.4. The van der Waals surface area contributed by atoms with E-state index in [1.165, 1.54) is 24.8 Å². The summed E-state index contributed by atoms with van der Waals surface area (Å²) in [5.41, 5.74) is 1.19. The number of ether oxygens (including phenoxy) is 1. The Morgan fingerprint density at radius 2 is 2.04 bits per heavy atom. The number of nitrogens with zero attached hydrogens (tertiary/aromatic N) is 1. The standard InChI is InChI=1S/C20H38N2O2/c1-6-8-9-11-17-15-18(21-12-10-13-22(4)5)14-16(3)19(17)20(23)24-7-2/h14,17-19,21H,6-13,15H2,1-5H3/t17-,18-,19+/m1/s1. The summed E-state index contributed by atoms with van der Waals surface area (Å²) in [5.74, 6) is 0.340. The van der Waals surface area contributed by atoms with Gasteiger partial charge in [-0.25, -0.2) is 0 Å². The molecule has 0 unspecified atom stereocenters. The van der Waals surface area contributed by atoms with E-state index in [4.69, 9.17) is 4.74 Å². The minimum atomic E-state index is -0.0402. The summed E-state index contributed by atoms with van der Waals surface area (Å²) in [6.07, 6.45) is 9.25. The third-order valence-corrected chi connectivity index (χ3v) is 4.89. The topological polar surface area (TPSA) is 41.6 Å². The van der Waals surface area contributed by atoms with Gasteiger partial charge in [-0.15, -0.1) is 0 Å². The molecule has 0 saturated heterocycles. The van der Waals surface area contributed by atoms with Gasteiger partial charge in [-0.3, -0.25) is 4.79 Å². The normalized spacial score (nSPS) is 24.1. The van der Waals surface area contributed by atoms with Crippen molar-refractivity contribution in [1.82, 2.24) is 10.2 Å². The second-order valence-electron chi connectivity index (χ2n) is 7.35. The van der Waals surface area contributed by atoms with Gasteiger partial charge in [0.05, 0.1) is 12.5 Å². The molecule has 140 valence electrons.